The molecule has 2 unspecified atom stereocenters. The molecular weight excluding hydrogens is 185 g/mol. The molecule has 1 aliphatic heterocycles. The summed E-state index contributed by atoms with van der Waals surface area (Å²) in [4.78, 5) is 0. The molecule has 5 heteroatoms. The Hall–Kier alpha value is -0.290. The van der Waals surface area contributed by atoms with Gasteiger partial charge in [-0.3, -0.25) is 0 Å². The smallest absolute Gasteiger partial charge is 0.300 e. The van der Waals surface area contributed by atoms with E-state index in [1.54, 1.807) is 0 Å². The lowest BCUT2D eigenvalue weighted by Crippen LogP contribution is -2.47. The predicted molar refractivity (Wildman–Crippen MR) is 40.2 cm³/mol. The third-order valence-electron chi connectivity index (χ3n) is 2.12. The van der Waals surface area contributed by atoms with Crippen LogP contribution in [0.5, 0.6) is 0 Å². The summed E-state index contributed by atoms with van der Waals surface area (Å²) in [5.41, 5.74) is 0. The third-order valence-corrected chi connectivity index (χ3v) is 2.12. The van der Waals surface area contributed by atoms with E-state index in [2.05, 4.69) is 9.47 Å². The fourth-order valence-corrected chi connectivity index (χ4v) is 1.23. The van der Waals surface area contributed by atoms with E-state index in [1.165, 1.54) is 6.92 Å². The second kappa shape index (κ2) is 2.85. The highest BCUT2D eigenvalue weighted by atomic mass is 19.3. The molecule has 2 nitrogen and oxygen atoms in total. The monoisotopic (exact) mass is 198 g/mol. The zero-order chi connectivity index (χ0) is 10.3. The van der Waals surface area contributed by atoms with Crippen molar-refractivity contribution in [1.82, 2.24) is 0 Å². The molecule has 0 radical (unpaired) electrons. The van der Waals surface area contributed by atoms with E-state index in [0.717, 1.165) is 13.8 Å². The molecule has 0 aromatic rings. The molecule has 0 amide bonds. The van der Waals surface area contributed by atoms with Crippen molar-refractivity contribution >= 4 is 0 Å². The van der Waals surface area contributed by atoms with Crippen LogP contribution in [0, 0.1) is 0 Å². The molecule has 1 heterocycles. The Kier molecular flexibility index (Phi) is 2.37. The number of hydrogen-bond donors (Lipinski definition) is 0. The average molecular weight is 198 g/mol. The molecule has 0 saturated carbocycles. The van der Waals surface area contributed by atoms with Crippen LogP contribution < -0.4 is 0 Å². The van der Waals surface area contributed by atoms with E-state index in [9.17, 15) is 13.2 Å². The summed E-state index contributed by atoms with van der Waals surface area (Å²) in [6, 6.07) is 0. The van der Waals surface area contributed by atoms with Crippen LogP contribution >= 0.6 is 0 Å². The van der Waals surface area contributed by atoms with E-state index in [-0.39, 0.29) is 0 Å². The third kappa shape index (κ3) is 1.81. The van der Waals surface area contributed by atoms with Crippen LogP contribution in [0.2, 0.25) is 0 Å². The van der Waals surface area contributed by atoms with E-state index in [1.807, 2.05) is 0 Å². The van der Waals surface area contributed by atoms with Gasteiger partial charge in [-0.1, -0.05) is 6.92 Å². The zero-order valence-electron chi connectivity index (χ0n) is 7.86. The maximum atomic E-state index is 13.2. The minimum atomic E-state index is -3.17. The van der Waals surface area contributed by atoms with Gasteiger partial charge in [0, 0.05) is 6.42 Å². The molecule has 1 aliphatic rings. The van der Waals surface area contributed by atoms with Crippen LogP contribution in [-0.4, -0.2) is 24.2 Å². The Morgan fingerprint density at radius 2 is 1.92 bits per heavy atom. The first kappa shape index (κ1) is 10.8. The standard InChI is InChI=1S/C8H13F3O2/c1-4-8(10,11)7(3)12-5-6(2,9)13-7/h4-5H2,1-3H3. The van der Waals surface area contributed by atoms with Gasteiger partial charge < -0.3 is 9.47 Å². The lowest BCUT2D eigenvalue weighted by molar-refractivity contribution is -0.306. The van der Waals surface area contributed by atoms with Crippen molar-refractivity contribution in [3.8, 4) is 0 Å². The second-order valence-corrected chi connectivity index (χ2v) is 3.50. The van der Waals surface area contributed by atoms with Crippen LogP contribution in [-0.2, 0) is 9.47 Å². The molecule has 1 saturated heterocycles. The van der Waals surface area contributed by atoms with Crippen LogP contribution in [0.25, 0.3) is 0 Å². The highest BCUT2D eigenvalue weighted by molar-refractivity contribution is 4.88. The Morgan fingerprint density at radius 3 is 2.23 bits per heavy atom. The topological polar surface area (TPSA) is 18.5 Å². The van der Waals surface area contributed by atoms with E-state index in [0.29, 0.717) is 0 Å². The second-order valence-electron chi connectivity index (χ2n) is 3.50. The van der Waals surface area contributed by atoms with Crippen molar-refractivity contribution in [1.29, 1.82) is 0 Å². The van der Waals surface area contributed by atoms with Crippen molar-refractivity contribution in [3.05, 3.63) is 0 Å². The van der Waals surface area contributed by atoms with Gasteiger partial charge in [0.2, 0.25) is 11.6 Å². The summed E-state index contributed by atoms with van der Waals surface area (Å²) in [5.74, 6) is -7.42. The van der Waals surface area contributed by atoms with E-state index < -0.39 is 30.6 Å². The maximum absolute atomic E-state index is 13.2. The summed E-state index contributed by atoms with van der Waals surface area (Å²) < 4.78 is 48.6. The number of ether oxygens (including phenoxy) is 2. The van der Waals surface area contributed by atoms with Gasteiger partial charge in [-0.25, -0.2) is 13.2 Å². The molecule has 1 fully saturated rings. The largest absolute Gasteiger partial charge is 0.339 e. The van der Waals surface area contributed by atoms with Crippen LogP contribution in [0.1, 0.15) is 27.2 Å². The lowest BCUT2D eigenvalue weighted by Gasteiger charge is -2.31. The van der Waals surface area contributed by atoms with Crippen molar-refractivity contribution in [2.24, 2.45) is 0 Å². The Bertz CT molecular complexity index is 206. The van der Waals surface area contributed by atoms with E-state index in [4.69, 9.17) is 0 Å². The van der Waals surface area contributed by atoms with E-state index >= 15 is 0 Å². The molecule has 0 aliphatic carbocycles. The van der Waals surface area contributed by atoms with Gasteiger partial charge in [-0.15, -0.1) is 0 Å². The molecule has 1 rings (SSSR count). The highest BCUT2D eigenvalue weighted by Crippen LogP contribution is 2.43. The van der Waals surface area contributed by atoms with Gasteiger partial charge in [-0.05, 0) is 13.8 Å². The van der Waals surface area contributed by atoms with Gasteiger partial charge in [0.1, 0.15) is 6.61 Å². The number of alkyl halides is 3. The van der Waals surface area contributed by atoms with Gasteiger partial charge >= 0.3 is 0 Å². The summed E-state index contributed by atoms with van der Waals surface area (Å²) in [6.07, 6.45) is -0.445. The fourth-order valence-electron chi connectivity index (χ4n) is 1.23. The molecule has 0 N–H and O–H groups in total. The fraction of sp³-hybridized carbons (Fsp3) is 1.00. The van der Waals surface area contributed by atoms with Crippen molar-refractivity contribution in [2.45, 2.75) is 44.8 Å². The number of halogens is 3. The highest BCUT2D eigenvalue weighted by Gasteiger charge is 2.59. The predicted octanol–water partition coefficient (Wildman–Crippen LogP) is 2.48. The molecule has 13 heavy (non-hydrogen) atoms. The number of rotatable bonds is 2. The van der Waals surface area contributed by atoms with Crippen molar-refractivity contribution in [2.75, 3.05) is 6.61 Å². The summed E-state index contributed by atoms with van der Waals surface area (Å²) in [6.45, 7) is 2.97. The quantitative estimate of drug-likeness (QED) is 0.678. The molecule has 2 atom stereocenters. The molecule has 78 valence electrons. The van der Waals surface area contributed by atoms with Gasteiger partial charge in [-0.2, -0.15) is 0 Å². The Labute approximate surface area is 75.0 Å². The van der Waals surface area contributed by atoms with Crippen molar-refractivity contribution in [3.63, 3.8) is 0 Å². The van der Waals surface area contributed by atoms with Gasteiger partial charge in [0.25, 0.3) is 5.92 Å². The molecule has 0 bridgehead atoms. The van der Waals surface area contributed by atoms with Crippen LogP contribution in [0.15, 0.2) is 0 Å². The lowest BCUT2D eigenvalue weighted by atomic mass is 10.1. The number of hydrogen-bond acceptors (Lipinski definition) is 2. The Morgan fingerprint density at radius 1 is 1.38 bits per heavy atom. The Balaban J connectivity index is 2.81. The SMILES string of the molecule is CCC(F)(F)C1(C)OCC(C)(F)O1. The first-order valence-corrected chi connectivity index (χ1v) is 4.13. The van der Waals surface area contributed by atoms with Crippen LogP contribution in [0.4, 0.5) is 13.2 Å². The average Bonchev–Trinajstić information content (AvgIpc) is 2.27. The van der Waals surface area contributed by atoms with Crippen LogP contribution in [0.3, 0.4) is 0 Å². The first-order valence-electron chi connectivity index (χ1n) is 4.13. The first-order chi connectivity index (χ1) is 5.72. The summed E-state index contributed by atoms with van der Waals surface area (Å²) in [7, 11) is 0. The minimum absolute atomic E-state index is 0.445. The van der Waals surface area contributed by atoms with Crippen molar-refractivity contribution < 1.29 is 22.6 Å². The summed E-state index contributed by atoms with van der Waals surface area (Å²) >= 11 is 0. The van der Waals surface area contributed by atoms with Gasteiger partial charge in [0.15, 0.2) is 0 Å². The minimum Gasteiger partial charge on any atom is -0.339 e. The van der Waals surface area contributed by atoms with Gasteiger partial charge in [0.05, 0.1) is 0 Å². The zero-order valence-corrected chi connectivity index (χ0v) is 7.86. The molecule has 0 aromatic carbocycles. The summed E-state index contributed by atoms with van der Waals surface area (Å²) in [5, 5.41) is 0. The molecule has 0 aromatic heterocycles. The molecule has 0 spiro atoms. The normalized spacial score (nSPS) is 41.1. The molecular formula is C8H13F3O2. The maximum Gasteiger partial charge on any atom is 0.300 e.